The van der Waals surface area contributed by atoms with Gasteiger partial charge in [0.15, 0.2) is 17.2 Å². The number of hydrogen-bond acceptors (Lipinski definition) is 4. The molecule has 172 valence electrons. The molecule has 0 saturated heterocycles. The van der Waals surface area contributed by atoms with E-state index in [1.165, 1.54) is 6.92 Å². The van der Waals surface area contributed by atoms with Crippen molar-refractivity contribution in [2.24, 2.45) is 28.6 Å². The minimum absolute atomic E-state index is 0.0420. The molecule has 4 aliphatic carbocycles. The maximum absolute atomic E-state index is 14.2. The third-order valence-electron chi connectivity index (χ3n) is 9.19. The summed E-state index contributed by atoms with van der Waals surface area (Å²) in [6.45, 7) is 7.52. The summed E-state index contributed by atoms with van der Waals surface area (Å²) < 4.78 is 5.86. The van der Waals surface area contributed by atoms with E-state index >= 15 is 0 Å². The molecule has 0 bridgehead atoms. The summed E-state index contributed by atoms with van der Waals surface area (Å²) in [5, 5.41) is 0. The Bertz CT molecular complexity index is 1110. The SMILES string of the molecule is CC(=O)OC1(C)C(=O)[C@@]2(C)CC[C@H]3[C@@H](C=CC4=CC(=O)C=C[C@@]43C)[C@@H]2C[C@@H]1c1ccccc1. The lowest BCUT2D eigenvalue weighted by Crippen LogP contribution is -2.63. The Morgan fingerprint density at radius 1 is 1.03 bits per heavy atom. The lowest BCUT2D eigenvalue weighted by molar-refractivity contribution is -0.185. The van der Waals surface area contributed by atoms with E-state index in [1.54, 1.807) is 12.2 Å². The Kier molecular flexibility index (Phi) is 4.93. The molecule has 2 fully saturated rings. The second-order valence-corrected chi connectivity index (χ2v) is 11.0. The average Bonchev–Trinajstić information content (AvgIpc) is 2.77. The number of ketones is 2. The number of ether oxygens (including phenoxy) is 1. The van der Waals surface area contributed by atoms with Crippen molar-refractivity contribution >= 4 is 17.5 Å². The Morgan fingerprint density at radius 3 is 2.45 bits per heavy atom. The van der Waals surface area contributed by atoms with Crippen molar-refractivity contribution in [3.8, 4) is 0 Å². The zero-order valence-electron chi connectivity index (χ0n) is 19.8. The van der Waals surface area contributed by atoms with Gasteiger partial charge in [-0.15, -0.1) is 0 Å². The lowest BCUT2D eigenvalue weighted by atomic mass is 9.44. The molecule has 2 saturated carbocycles. The highest BCUT2D eigenvalue weighted by molar-refractivity contribution is 6.01. The van der Waals surface area contributed by atoms with Crippen LogP contribution in [-0.2, 0) is 19.1 Å². The third-order valence-corrected chi connectivity index (χ3v) is 9.19. The molecule has 0 aromatic heterocycles. The monoisotopic (exact) mass is 444 g/mol. The predicted molar refractivity (Wildman–Crippen MR) is 126 cm³/mol. The summed E-state index contributed by atoms with van der Waals surface area (Å²) in [6, 6.07) is 10.0. The van der Waals surface area contributed by atoms with Crippen molar-refractivity contribution < 1.29 is 19.1 Å². The fraction of sp³-hybridized carbons (Fsp3) is 0.483. The van der Waals surface area contributed by atoms with Gasteiger partial charge >= 0.3 is 5.97 Å². The van der Waals surface area contributed by atoms with E-state index in [1.807, 2.05) is 37.3 Å². The maximum Gasteiger partial charge on any atom is 0.303 e. The first-order chi connectivity index (χ1) is 15.6. The number of Topliss-reactive ketones (excluding diaryl/α,β-unsaturated/α-hetero) is 1. The van der Waals surface area contributed by atoms with Crippen LogP contribution in [0.1, 0.15) is 58.4 Å². The Morgan fingerprint density at radius 2 is 1.76 bits per heavy atom. The molecular weight excluding hydrogens is 412 g/mol. The van der Waals surface area contributed by atoms with Gasteiger partial charge in [-0.25, -0.2) is 0 Å². The van der Waals surface area contributed by atoms with Crippen molar-refractivity contribution in [1.29, 1.82) is 0 Å². The van der Waals surface area contributed by atoms with Crippen molar-refractivity contribution in [3.05, 3.63) is 71.8 Å². The fourth-order valence-electron chi connectivity index (χ4n) is 7.45. The number of rotatable bonds is 2. The molecule has 0 aliphatic heterocycles. The summed E-state index contributed by atoms with van der Waals surface area (Å²) in [5.41, 5.74) is 0.166. The van der Waals surface area contributed by atoms with Gasteiger partial charge in [0.25, 0.3) is 0 Å². The molecule has 0 heterocycles. The van der Waals surface area contributed by atoms with Crippen LogP contribution in [0.25, 0.3) is 0 Å². The van der Waals surface area contributed by atoms with Gasteiger partial charge in [-0.05, 0) is 67.2 Å². The van der Waals surface area contributed by atoms with E-state index in [-0.39, 0.29) is 34.7 Å². The Hall–Kier alpha value is -2.75. The zero-order valence-corrected chi connectivity index (χ0v) is 19.8. The molecule has 1 aromatic carbocycles. The summed E-state index contributed by atoms with van der Waals surface area (Å²) in [7, 11) is 0. The van der Waals surface area contributed by atoms with Gasteiger partial charge < -0.3 is 4.74 Å². The van der Waals surface area contributed by atoms with E-state index < -0.39 is 17.0 Å². The molecule has 4 nitrogen and oxygen atoms in total. The van der Waals surface area contributed by atoms with E-state index in [9.17, 15) is 14.4 Å². The number of carbonyl (C=O) groups is 3. The van der Waals surface area contributed by atoms with Gasteiger partial charge in [-0.2, -0.15) is 0 Å². The topological polar surface area (TPSA) is 60.4 Å². The number of carbonyl (C=O) groups excluding carboxylic acids is 3. The van der Waals surface area contributed by atoms with Crippen LogP contribution in [-0.4, -0.2) is 23.1 Å². The second kappa shape index (κ2) is 7.38. The van der Waals surface area contributed by atoms with Crippen LogP contribution in [0.4, 0.5) is 0 Å². The minimum atomic E-state index is -1.18. The highest BCUT2D eigenvalue weighted by Gasteiger charge is 2.64. The number of fused-ring (bicyclic) bond motifs is 5. The van der Waals surface area contributed by atoms with Crippen molar-refractivity contribution in [2.75, 3.05) is 0 Å². The molecule has 33 heavy (non-hydrogen) atoms. The van der Waals surface area contributed by atoms with Crippen LogP contribution in [0.3, 0.4) is 0 Å². The van der Waals surface area contributed by atoms with Crippen molar-refractivity contribution in [3.63, 3.8) is 0 Å². The van der Waals surface area contributed by atoms with E-state index in [0.717, 1.165) is 30.4 Å². The quantitative estimate of drug-likeness (QED) is 0.577. The first kappa shape index (κ1) is 22.1. The van der Waals surface area contributed by atoms with Crippen LogP contribution in [0.2, 0.25) is 0 Å². The van der Waals surface area contributed by atoms with Crippen LogP contribution in [0.5, 0.6) is 0 Å². The molecule has 4 heteroatoms. The molecule has 1 aromatic rings. The second-order valence-electron chi connectivity index (χ2n) is 11.0. The number of hydrogen-bond donors (Lipinski definition) is 0. The highest BCUT2D eigenvalue weighted by atomic mass is 16.6. The first-order valence-electron chi connectivity index (χ1n) is 12.0. The summed E-state index contributed by atoms with van der Waals surface area (Å²) in [4.78, 5) is 38.4. The fourth-order valence-corrected chi connectivity index (χ4v) is 7.45. The molecule has 0 spiro atoms. The molecule has 7 atom stereocenters. The van der Waals surface area contributed by atoms with E-state index in [2.05, 4.69) is 32.1 Å². The van der Waals surface area contributed by atoms with Crippen LogP contribution in [0, 0.1) is 28.6 Å². The van der Waals surface area contributed by atoms with E-state index in [4.69, 9.17) is 4.74 Å². The molecule has 1 unspecified atom stereocenters. The number of benzene rings is 1. The smallest absolute Gasteiger partial charge is 0.303 e. The van der Waals surface area contributed by atoms with Crippen LogP contribution in [0.15, 0.2) is 66.3 Å². The highest BCUT2D eigenvalue weighted by Crippen LogP contribution is 2.64. The van der Waals surface area contributed by atoms with Crippen molar-refractivity contribution in [2.45, 2.75) is 58.5 Å². The van der Waals surface area contributed by atoms with Gasteiger partial charge in [0.1, 0.15) is 0 Å². The predicted octanol–water partition coefficient (Wildman–Crippen LogP) is 5.35. The third kappa shape index (κ3) is 3.13. The molecule has 4 aliphatic rings. The molecule has 0 N–H and O–H groups in total. The zero-order chi connectivity index (χ0) is 23.6. The first-order valence-corrected chi connectivity index (χ1v) is 12.0. The summed E-state index contributed by atoms with van der Waals surface area (Å²) in [6.07, 6.45) is 12.3. The molecule has 0 amide bonds. The number of allylic oxidation sites excluding steroid dienone is 6. The summed E-state index contributed by atoms with van der Waals surface area (Å²) in [5.74, 6) is 0.161. The summed E-state index contributed by atoms with van der Waals surface area (Å²) >= 11 is 0. The molecule has 5 rings (SSSR count). The van der Waals surface area contributed by atoms with Gasteiger partial charge in [-0.3, -0.25) is 14.4 Å². The standard InChI is InChI=1S/C29H32O4/c1-18(30)33-29(4)24(19-8-6-5-7-9-19)17-25-22-11-10-20-16-21(31)12-14-27(20,2)23(22)13-15-28(25,3)26(29)32/h5-12,14,16,22-25H,13,15,17H2,1-4H3/t22-,23+,24-,25+,27+,28+,29?/m1/s1. The Labute approximate surface area is 195 Å². The van der Waals surface area contributed by atoms with Crippen molar-refractivity contribution in [1.82, 2.24) is 0 Å². The normalized spacial score (nSPS) is 41.5. The minimum Gasteiger partial charge on any atom is -0.451 e. The van der Waals surface area contributed by atoms with Gasteiger partial charge in [0, 0.05) is 23.7 Å². The number of esters is 1. The lowest BCUT2D eigenvalue weighted by Gasteiger charge is -2.60. The molecule has 0 radical (unpaired) electrons. The van der Waals surface area contributed by atoms with Gasteiger partial charge in [0.2, 0.25) is 0 Å². The van der Waals surface area contributed by atoms with E-state index in [0.29, 0.717) is 5.92 Å². The van der Waals surface area contributed by atoms with Crippen LogP contribution < -0.4 is 0 Å². The maximum atomic E-state index is 14.2. The van der Waals surface area contributed by atoms with Gasteiger partial charge in [0.05, 0.1) is 0 Å². The largest absolute Gasteiger partial charge is 0.451 e. The Balaban J connectivity index is 1.61. The average molecular weight is 445 g/mol. The van der Waals surface area contributed by atoms with Gasteiger partial charge in [-0.1, -0.05) is 62.4 Å². The van der Waals surface area contributed by atoms with Crippen LogP contribution >= 0.6 is 0 Å². The molecular formula is C29H32O4.